The van der Waals surface area contributed by atoms with Crippen LogP contribution in [0.15, 0.2) is 0 Å². The number of rotatable bonds is 5. The molecule has 0 aliphatic carbocycles. The highest BCUT2D eigenvalue weighted by Crippen LogP contribution is 1.93. The zero-order chi connectivity index (χ0) is 10.7. The summed E-state index contributed by atoms with van der Waals surface area (Å²) in [6.45, 7) is 7.25. The van der Waals surface area contributed by atoms with E-state index in [9.17, 15) is 4.79 Å². The highest BCUT2D eigenvalue weighted by Gasteiger charge is 1.94. The van der Waals surface area contributed by atoms with Gasteiger partial charge >= 0.3 is 0 Å². The number of carbonyl (C=O) groups excluding carboxylic acids is 1. The van der Waals surface area contributed by atoms with E-state index in [1.165, 1.54) is 0 Å². The fraction of sp³-hybridized carbons (Fsp3) is 0.875. The van der Waals surface area contributed by atoms with Crippen LogP contribution in [0.4, 0.5) is 0 Å². The number of aldehydes is 1. The number of halogens is 2. The Labute approximate surface area is 89.3 Å². The minimum Gasteiger partial charge on any atom is -0.353 e. The Morgan fingerprint density at radius 3 is 1.69 bits per heavy atom. The van der Waals surface area contributed by atoms with Gasteiger partial charge in [0.2, 0.25) is 0 Å². The van der Waals surface area contributed by atoms with Gasteiger partial charge in [-0.25, -0.2) is 0 Å². The maximum absolute atomic E-state index is 9.24. The molecule has 0 aliphatic rings. The molecule has 13 heavy (non-hydrogen) atoms. The highest BCUT2D eigenvalue weighted by atomic mass is 35.5. The van der Waals surface area contributed by atoms with Gasteiger partial charge in [-0.1, -0.05) is 23.2 Å². The lowest BCUT2D eigenvalue weighted by Gasteiger charge is -2.09. The van der Waals surface area contributed by atoms with E-state index in [1.807, 2.05) is 20.8 Å². The molecule has 3 nitrogen and oxygen atoms in total. The van der Waals surface area contributed by atoms with Crippen molar-refractivity contribution in [3.63, 3.8) is 0 Å². The molecule has 0 bridgehead atoms. The average Bonchev–Trinajstić information content (AvgIpc) is 2.06. The lowest BCUT2D eigenvalue weighted by molar-refractivity contribution is -0.123. The van der Waals surface area contributed by atoms with Crippen LogP contribution in [-0.2, 0) is 14.3 Å². The van der Waals surface area contributed by atoms with Gasteiger partial charge < -0.3 is 14.3 Å². The summed E-state index contributed by atoms with van der Waals surface area (Å²) in [6, 6.07) is 0. The molecular weight excluding hydrogens is 215 g/mol. The van der Waals surface area contributed by atoms with Crippen molar-refractivity contribution in [3.05, 3.63) is 0 Å². The van der Waals surface area contributed by atoms with Gasteiger partial charge in [0.1, 0.15) is 0 Å². The molecule has 0 aromatic heterocycles. The van der Waals surface area contributed by atoms with Crippen molar-refractivity contribution in [2.24, 2.45) is 0 Å². The molecule has 0 aromatic carbocycles. The first kappa shape index (κ1) is 15.6. The second kappa shape index (κ2) is 12.2. The van der Waals surface area contributed by atoms with Crippen LogP contribution in [0.5, 0.6) is 0 Å². The van der Waals surface area contributed by atoms with Crippen LogP contribution in [0.3, 0.4) is 0 Å². The highest BCUT2D eigenvalue weighted by molar-refractivity contribution is 6.51. The Morgan fingerprint density at radius 2 is 1.54 bits per heavy atom. The van der Waals surface area contributed by atoms with E-state index in [4.69, 9.17) is 32.7 Å². The first-order chi connectivity index (χ1) is 6.08. The fourth-order valence-electron chi connectivity index (χ4n) is 0.518. The Balaban J connectivity index is 0. The van der Waals surface area contributed by atoms with E-state index >= 15 is 0 Å². The third-order valence-corrected chi connectivity index (χ3v) is 1.11. The molecule has 0 fully saturated rings. The summed E-state index contributed by atoms with van der Waals surface area (Å²) in [5, 5.41) is 0. The standard InChI is InChI=1S/C6H14O2.C2H2Cl2O/c1-4-7-6(3)8-5-2;3-2(4)1-5/h6H,4-5H2,1-3H3;1-2H. The van der Waals surface area contributed by atoms with Crippen LogP contribution in [0.1, 0.15) is 20.8 Å². The van der Waals surface area contributed by atoms with Gasteiger partial charge in [0.15, 0.2) is 17.4 Å². The largest absolute Gasteiger partial charge is 0.353 e. The van der Waals surface area contributed by atoms with Gasteiger partial charge in [0, 0.05) is 13.2 Å². The average molecular weight is 231 g/mol. The maximum Gasteiger partial charge on any atom is 0.162 e. The van der Waals surface area contributed by atoms with E-state index in [0.29, 0.717) is 6.29 Å². The van der Waals surface area contributed by atoms with Crippen LogP contribution in [0.25, 0.3) is 0 Å². The molecule has 0 aromatic rings. The van der Waals surface area contributed by atoms with E-state index < -0.39 is 4.84 Å². The monoisotopic (exact) mass is 230 g/mol. The predicted molar refractivity (Wildman–Crippen MR) is 54.3 cm³/mol. The molecule has 0 spiro atoms. The van der Waals surface area contributed by atoms with E-state index in [2.05, 4.69) is 0 Å². The Bertz CT molecular complexity index is 104. The maximum atomic E-state index is 9.24. The molecule has 0 heterocycles. The number of hydrogen-bond donors (Lipinski definition) is 0. The van der Waals surface area contributed by atoms with Crippen LogP contribution < -0.4 is 0 Å². The number of alkyl halides is 2. The normalized spacial score (nSPS) is 9.77. The van der Waals surface area contributed by atoms with Gasteiger partial charge in [-0.3, -0.25) is 0 Å². The van der Waals surface area contributed by atoms with Gasteiger partial charge in [0.25, 0.3) is 0 Å². The zero-order valence-electron chi connectivity index (χ0n) is 8.13. The summed E-state index contributed by atoms with van der Waals surface area (Å²) < 4.78 is 10.1. The summed E-state index contributed by atoms with van der Waals surface area (Å²) >= 11 is 9.72. The quantitative estimate of drug-likeness (QED) is 0.414. The van der Waals surface area contributed by atoms with E-state index in [0.717, 1.165) is 13.2 Å². The van der Waals surface area contributed by atoms with Crippen LogP contribution in [0.2, 0.25) is 0 Å². The summed E-state index contributed by atoms with van der Waals surface area (Å²) in [4.78, 5) is 8.39. The van der Waals surface area contributed by atoms with Gasteiger partial charge in [-0.2, -0.15) is 0 Å². The van der Waals surface area contributed by atoms with Crippen molar-refractivity contribution in [3.8, 4) is 0 Å². The molecule has 80 valence electrons. The van der Waals surface area contributed by atoms with Crippen molar-refractivity contribution in [1.29, 1.82) is 0 Å². The number of ether oxygens (including phenoxy) is 2. The minimum absolute atomic E-state index is 0.0370. The topological polar surface area (TPSA) is 35.5 Å². The Morgan fingerprint density at radius 1 is 1.23 bits per heavy atom. The molecule has 0 saturated heterocycles. The molecule has 0 rings (SSSR count). The Kier molecular flexibility index (Phi) is 14.6. The van der Waals surface area contributed by atoms with Crippen molar-refractivity contribution >= 4 is 29.5 Å². The molecule has 0 saturated carbocycles. The summed E-state index contributed by atoms with van der Waals surface area (Å²) in [7, 11) is 0. The lowest BCUT2D eigenvalue weighted by Crippen LogP contribution is -2.11. The molecule has 0 N–H and O–H groups in total. The molecule has 5 heteroatoms. The van der Waals surface area contributed by atoms with Crippen LogP contribution >= 0.6 is 23.2 Å². The second-order valence-electron chi connectivity index (χ2n) is 1.95. The molecule has 0 radical (unpaired) electrons. The van der Waals surface area contributed by atoms with E-state index in [1.54, 1.807) is 0 Å². The lowest BCUT2D eigenvalue weighted by atomic mass is 10.7. The van der Waals surface area contributed by atoms with Crippen molar-refractivity contribution in [2.75, 3.05) is 13.2 Å². The first-order valence-corrected chi connectivity index (χ1v) is 4.92. The zero-order valence-corrected chi connectivity index (χ0v) is 9.64. The third kappa shape index (κ3) is 18.9. The third-order valence-electron chi connectivity index (χ3n) is 0.906. The van der Waals surface area contributed by atoms with Gasteiger partial charge in [-0.05, 0) is 20.8 Å². The van der Waals surface area contributed by atoms with E-state index in [-0.39, 0.29) is 6.29 Å². The van der Waals surface area contributed by atoms with Crippen molar-refractivity contribution < 1.29 is 14.3 Å². The summed E-state index contributed by atoms with van der Waals surface area (Å²) in [5.41, 5.74) is 0. The summed E-state index contributed by atoms with van der Waals surface area (Å²) in [6.07, 6.45) is 0.410. The second-order valence-corrected chi connectivity index (χ2v) is 3.11. The minimum atomic E-state index is -0.852. The van der Waals surface area contributed by atoms with Gasteiger partial charge in [0.05, 0.1) is 0 Å². The number of carbonyl (C=O) groups is 1. The molecular formula is C8H16Cl2O3. The molecule has 0 amide bonds. The van der Waals surface area contributed by atoms with Crippen LogP contribution in [0, 0.1) is 0 Å². The molecule has 0 unspecified atom stereocenters. The van der Waals surface area contributed by atoms with Crippen LogP contribution in [-0.4, -0.2) is 30.6 Å². The molecule has 0 atom stereocenters. The smallest absolute Gasteiger partial charge is 0.162 e. The predicted octanol–water partition coefficient (Wildman–Crippen LogP) is 2.39. The molecule has 0 aliphatic heterocycles. The fourth-order valence-corrected chi connectivity index (χ4v) is 0.518. The van der Waals surface area contributed by atoms with Crippen molar-refractivity contribution in [1.82, 2.24) is 0 Å². The van der Waals surface area contributed by atoms with Gasteiger partial charge in [-0.15, -0.1) is 0 Å². The summed E-state index contributed by atoms with van der Waals surface area (Å²) in [5.74, 6) is 0. The number of hydrogen-bond acceptors (Lipinski definition) is 3. The first-order valence-electron chi connectivity index (χ1n) is 4.05. The Hall–Kier alpha value is 0.170. The SMILES string of the molecule is CCOC(C)OCC.O=CC(Cl)Cl. The van der Waals surface area contributed by atoms with Crippen molar-refractivity contribution in [2.45, 2.75) is 31.9 Å².